The molecule has 2 aromatic carbocycles. The lowest BCUT2D eigenvalue weighted by Gasteiger charge is -2.34. The third kappa shape index (κ3) is 4.53. The number of benzene rings is 2. The lowest BCUT2D eigenvalue weighted by molar-refractivity contribution is -0.117. The smallest absolute Gasteiger partial charge is 0.356 e. The van der Waals surface area contributed by atoms with Gasteiger partial charge in [0.1, 0.15) is 5.69 Å². The highest BCUT2D eigenvalue weighted by atomic mass is 16.5. The van der Waals surface area contributed by atoms with Gasteiger partial charge in [-0.05, 0) is 11.6 Å². The zero-order valence-electron chi connectivity index (χ0n) is 17.1. The zero-order valence-corrected chi connectivity index (χ0v) is 17.1. The van der Waals surface area contributed by atoms with E-state index in [1.807, 2.05) is 30.3 Å². The molecule has 156 valence electrons. The van der Waals surface area contributed by atoms with E-state index in [1.165, 1.54) is 12.7 Å². The SMILES string of the molecule is COC(=O)c1[nH]c2ccccc2c1NC(=O)CN1CCN(Cc2ccccc2)CC1. The van der Waals surface area contributed by atoms with Crippen LogP contribution >= 0.6 is 0 Å². The molecule has 0 saturated carbocycles. The van der Waals surface area contributed by atoms with Crippen LogP contribution in [-0.2, 0) is 16.1 Å². The van der Waals surface area contributed by atoms with Crippen molar-refractivity contribution in [1.29, 1.82) is 0 Å². The summed E-state index contributed by atoms with van der Waals surface area (Å²) in [5.74, 6) is -0.641. The van der Waals surface area contributed by atoms with Crippen LogP contribution in [0.3, 0.4) is 0 Å². The van der Waals surface area contributed by atoms with Crippen LogP contribution in [0.25, 0.3) is 10.9 Å². The summed E-state index contributed by atoms with van der Waals surface area (Å²) in [6.07, 6.45) is 0. The number of methoxy groups -OCH3 is 1. The number of rotatable bonds is 6. The van der Waals surface area contributed by atoms with Gasteiger partial charge in [-0.25, -0.2) is 4.79 Å². The fourth-order valence-electron chi connectivity index (χ4n) is 3.86. The summed E-state index contributed by atoms with van der Waals surface area (Å²) in [6.45, 7) is 4.72. The number of hydrogen-bond acceptors (Lipinski definition) is 5. The topological polar surface area (TPSA) is 77.7 Å². The predicted molar refractivity (Wildman–Crippen MR) is 116 cm³/mol. The number of ether oxygens (including phenoxy) is 1. The minimum atomic E-state index is -0.504. The number of carbonyl (C=O) groups is 2. The van der Waals surface area contributed by atoms with Gasteiger partial charge < -0.3 is 15.0 Å². The van der Waals surface area contributed by atoms with Gasteiger partial charge in [0.05, 0.1) is 19.3 Å². The second-order valence-electron chi connectivity index (χ2n) is 7.50. The number of anilines is 1. The van der Waals surface area contributed by atoms with Crippen molar-refractivity contribution < 1.29 is 14.3 Å². The highest BCUT2D eigenvalue weighted by molar-refractivity contribution is 6.11. The molecule has 2 N–H and O–H groups in total. The van der Waals surface area contributed by atoms with Gasteiger partial charge in [-0.2, -0.15) is 0 Å². The van der Waals surface area contributed by atoms with Gasteiger partial charge in [0, 0.05) is 43.6 Å². The molecule has 0 radical (unpaired) electrons. The lowest BCUT2D eigenvalue weighted by atomic mass is 10.2. The summed E-state index contributed by atoms with van der Waals surface area (Å²) < 4.78 is 4.86. The first-order valence-electron chi connectivity index (χ1n) is 10.1. The molecule has 1 aliphatic rings. The minimum absolute atomic E-state index is 0.138. The molecule has 1 amide bonds. The molecule has 0 spiro atoms. The van der Waals surface area contributed by atoms with E-state index in [1.54, 1.807) is 0 Å². The first-order valence-corrected chi connectivity index (χ1v) is 10.1. The Morgan fingerprint density at radius 3 is 2.37 bits per heavy atom. The Morgan fingerprint density at radius 2 is 1.63 bits per heavy atom. The summed E-state index contributed by atoms with van der Waals surface area (Å²) >= 11 is 0. The average Bonchev–Trinajstić information content (AvgIpc) is 3.13. The molecule has 1 saturated heterocycles. The van der Waals surface area contributed by atoms with Crippen LogP contribution in [-0.4, -0.2) is 66.5 Å². The highest BCUT2D eigenvalue weighted by Gasteiger charge is 2.23. The Balaban J connectivity index is 1.36. The van der Waals surface area contributed by atoms with Crippen LogP contribution in [0, 0.1) is 0 Å². The van der Waals surface area contributed by atoms with E-state index in [9.17, 15) is 9.59 Å². The summed E-state index contributed by atoms with van der Waals surface area (Å²) in [5.41, 5.74) is 2.82. The molecule has 1 fully saturated rings. The van der Waals surface area contributed by atoms with Gasteiger partial charge in [-0.3, -0.25) is 14.6 Å². The largest absolute Gasteiger partial charge is 0.464 e. The van der Waals surface area contributed by atoms with Crippen molar-refractivity contribution in [3.05, 3.63) is 65.9 Å². The van der Waals surface area contributed by atoms with Crippen molar-refractivity contribution in [3.63, 3.8) is 0 Å². The fraction of sp³-hybridized carbons (Fsp3) is 0.304. The van der Waals surface area contributed by atoms with Crippen LogP contribution in [0.15, 0.2) is 54.6 Å². The maximum Gasteiger partial charge on any atom is 0.356 e. The van der Waals surface area contributed by atoms with E-state index in [0.29, 0.717) is 12.2 Å². The Bertz CT molecular complexity index is 1020. The second kappa shape index (κ2) is 9.11. The number of nitrogens with zero attached hydrogens (tertiary/aromatic N) is 2. The van der Waals surface area contributed by atoms with E-state index >= 15 is 0 Å². The highest BCUT2D eigenvalue weighted by Crippen LogP contribution is 2.28. The average molecular weight is 406 g/mol. The quantitative estimate of drug-likeness (QED) is 0.616. The summed E-state index contributed by atoms with van der Waals surface area (Å²) in [6, 6.07) is 17.9. The monoisotopic (exact) mass is 406 g/mol. The maximum absolute atomic E-state index is 12.7. The summed E-state index contributed by atoms with van der Waals surface area (Å²) in [7, 11) is 1.33. The predicted octanol–water partition coefficient (Wildman–Crippen LogP) is 2.71. The fourth-order valence-corrected chi connectivity index (χ4v) is 3.86. The van der Waals surface area contributed by atoms with Gasteiger partial charge in [0.15, 0.2) is 0 Å². The number of carbonyl (C=O) groups excluding carboxylic acids is 2. The molecule has 1 aliphatic heterocycles. The van der Waals surface area contributed by atoms with E-state index in [2.05, 4.69) is 44.4 Å². The van der Waals surface area contributed by atoms with Crippen molar-refractivity contribution in [1.82, 2.24) is 14.8 Å². The molecule has 1 aromatic heterocycles. The van der Waals surface area contributed by atoms with E-state index < -0.39 is 5.97 Å². The van der Waals surface area contributed by atoms with E-state index in [0.717, 1.165) is 43.6 Å². The van der Waals surface area contributed by atoms with Crippen LogP contribution in [0.1, 0.15) is 16.1 Å². The van der Waals surface area contributed by atoms with Crippen molar-refractivity contribution in [3.8, 4) is 0 Å². The normalized spacial score (nSPS) is 15.2. The number of aromatic nitrogens is 1. The molecule has 0 bridgehead atoms. The molecule has 7 heteroatoms. The molecule has 0 aliphatic carbocycles. The number of H-pyrrole nitrogens is 1. The summed E-state index contributed by atoms with van der Waals surface area (Å²) in [5, 5.41) is 3.71. The van der Waals surface area contributed by atoms with E-state index in [4.69, 9.17) is 4.74 Å². The molecule has 2 heterocycles. The summed E-state index contributed by atoms with van der Waals surface area (Å²) in [4.78, 5) is 32.5. The van der Waals surface area contributed by atoms with Gasteiger partial charge in [-0.15, -0.1) is 0 Å². The Morgan fingerprint density at radius 1 is 0.967 bits per heavy atom. The van der Waals surface area contributed by atoms with Crippen LogP contribution < -0.4 is 5.32 Å². The number of hydrogen-bond donors (Lipinski definition) is 2. The van der Waals surface area contributed by atoms with Crippen LogP contribution in [0.4, 0.5) is 5.69 Å². The molecule has 7 nitrogen and oxygen atoms in total. The molecular formula is C23H26N4O3. The Kier molecular flexibility index (Phi) is 6.11. The second-order valence-corrected chi connectivity index (χ2v) is 7.50. The number of nitrogens with one attached hydrogen (secondary N) is 2. The van der Waals surface area contributed by atoms with Gasteiger partial charge in [0.25, 0.3) is 0 Å². The van der Waals surface area contributed by atoms with Crippen molar-refractivity contribution in [2.24, 2.45) is 0 Å². The minimum Gasteiger partial charge on any atom is -0.464 e. The third-order valence-corrected chi connectivity index (χ3v) is 5.44. The number of aromatic amines is 1. The number of fused-ring (bicyclic) bond motifs is 1. The number of amides is 1. The number of para-hydroxylation sites is 1. The number of piperazine rings is 1. The maximum atomic E-state index is 12.7. The first-order chi connectivity index (χ1) is 14.6. The van der Waals surface area contributed by atoms with Gasteiger partial charge >= 0.3 is 5.97 Å². The zero-order chi connectivity index (χ0) is 20.9. The molecule has 3 aromatic rings. The molecule has 0 unspecified atom stereocenters. The van der Waals surface area contributed by atoms with Crippen molar-refractivity contribution in [2.45, 2.75) is 6.54 Å². The lowest BCUT2D eigenvalue weighted by Crippen LogP contribution is -2.48. The van der Waals surface area contributed by atoms with E-state index in [-0.39, 0.29) is 11.6 Å². The van der Waals surface area contributed by atoms with Gasteiger partial charge in [-0.1, -0.05) is 48.5 Å². The first kappa shape index (κ1) is 20.1. The van der Waals surface area contributed by atoms with Crippen molar-refractivity contribution >= 4 is 28.5 Å². The van der Waals surface area contributed by atoms with Gasteiger partial charge in [0.2, 0.25) is 5.91 Å². The van der Waals surface area contributed by atoms with Crippen LogP contribution in [0.2, 0.25) is 0 Å². The van der Waals surface area contributed by atoms with Crippen LogP contribution in [0.5, 0.6) is 0 Å². The third-order valence-electron chi connectivity index (χ3n) is 5.44. The molecule has 0 atom stereocenters. The van der Waals surface area contributed by atoms with Crippen molar-refractivity contribution in [2.75, 3.05) is 45.2 Å². The standard InChI is InChI=1S/C23H26N4O3/c1-30-23(29)22-21(18-9-5-6-10-19(18)24-22)25-20(28)16-27-13-11-26(12-14-27)15-17-7-3-2-4-8-17/h2-10,24H,11-16H2,1H3,(H,25,28). The molecule has 30 heavy (non-hydrogen) atoms. The molecule has 4 rings (SSSR count). The Labute approximate surface area is 175 Å². The molecular weight excluding hydrogens is 380 g/mol. The number of esters is 1. The Hall–Kier alpha value is -3.16.